The molecule has 1 N–H and O–H groups in total. The summed E-state index contributed by atoms with van der Waals surface area (Å²) in [6.45, 7) is 6.34. The fourth-order valence-electron chi connectivity index (χ4n) is 5.35. The van der Waals surface area contributed by atoms with E-state index in [0.717, 1.165) is 16.2 Å². The van der Waals surface area contributed by atoms with Gasteiger partial charge in [-0.2, -0.15) is 0 Å². The van der Waals surface area contributed by atoms with Crippen molar-refractivity contribution in [1.29, 1.82) is 0 Å². The van der Waals surface area contributed by atoms with Crippen LogP contribution in [0.5, 0.6) is 0 Å². The molecule has 3 aliphatic rings. The van der Waals surface area contributed by atoms with Crippen LogP contribution in [0.15, 0.2) is 24.3 Å². The number of hydrogen-bond donors (Lipinski definition) is 1. The minimum absolute atomic E-state index is 0.000529. The van der Waals surface area contributed by atoms with Crippen molar-refractivity contribution >= 4 is 23.8 Å². The van der Waals surface area contributed by atoms with Crippen LogP contribution < -0.4 is 5.32 Å². The molecule has 5 amide bonds. The third kappa shape index (κ3) is 2.80. The standard InChI is InChI=1S/C21H25N3O4/c1-13-10-20(2,3)12-21(11-13)18(27)24(19(28)22-21)9-8-23-16(25)14-6-4-5-7-15(14)17(23)26/h4-7,13H,8-12H2,1-3H3,(H,22,28)/t13-,21+/m0/s1. The summed E-state index contributed by atoms with van der Waals surface area (Å²) in [5.74, 6) is -0.678. The van der Waals surface area contributed by atoms with Gasteiger partial charge in [0.15, 0.2) is 0 Å². The van der Waals surface area contributed by atoms with E-state index in [1.54, 1.807) is 24.3 Å². The molecule has 2 fully saturated rings. The Bertz CT molecular complexity index is 858. The number of rotatable bonds is 3. The summed E-state index contributed by atoms with van der Waals surface area (Å²) in [4.78, 5) is 53.0. The third-order valence-corrected chi connectivity index (χ3v) is 6.05. The number of nitrogens with one attached hydrogen (secondary N) is 1. The van der Waals surface area contributed by atoms with E-state index in [2.05, 4.69) is 26.1 Å². The molecule has 28 heavy (non-hydrogen) atoms. The Balaban J connectivity index is 1.49. The topological polar surface area (TPSA) is 86.8 Å². The molecule has 1 aliphatic carbocycles. The Morgan fingerprint density at radius 2 is 1.54 bits per heavy atom. The van der Waals surface area contributed by atoms with Crippen LogP contribution in [0, 0.1) is 11.3 Å². The van der Waals surface area contributed by atoms with Crippen LogP contribution in [0.4, 0.5) is 4.79 Å². The van der Waals surface area contributed by atoms with Gasteiger partial charge < -0.3 is 5.32 Å². The highest BCUT2D eigenvalue weighted by molar-refractivity contribution is 6.21. The fourth-order valence-corrected chi connectivity index (χ4v) is 5.35. The summed E-state index contributed by atoms with van der Waals surface area (Å²) >= 11 is 0. The van der Waals surface area contributed by atoms with Crippen LogP contribution in [-0.2, 0) is 4.79 Å². The highest BCUT2D eigenvalue weighted by Crippen LogP contribution is 2.46. The van der Waals surface area contributed by atoms with Gasteiger partial charge >= 0.3 is 6.03 Å². The number of carbonyl (C=O) groups is 4. The number of hydrogen-bond acceptors (Lipinski definition) is 4. The molecule has 4 rings (SSSR count). The molecule has 2 atom stereocenters. The third-order valence-electron chi connectivity index (χ3n) is 6.05. The van der Waals surface area contributed by atoms with Gasteiger partial charge in [0.25, 0.3) is 17.7 Å². The maximum Gasteiger partial charge on any atom is 0.325 e. The van der Waals surface area contributed by atoms with Crippen LogP contribution in [-0.4, -0.2) is 52.2 Å². The van der Waals surface area contributed by atoms with Crippen LogP contribution in [0.1, 0.15) is 60.7 Å². The van der Waals surface area contributed by atoms with Gasteiger partial charge in [0.05, 0.1) is 11.1 Å². The van der Waals surface area contributed by atoms with Crippen molar-refractivity contribution in [2.24, 2.45) is 11.3 Å². The smallest absolute Gasteiger partial charge is 0.323 e. The van der Waals surface area contributed by atoms with E-state index < -0.39 is 11.6 Å². The number of benzene rings is 1. The molecule has 1 aromatic carbocycles. The second-order valence-electron chi connectivity index (χ2n) is 9.13. The lowest BCUT2D eigenvalue weighted by Crippen LogP contribution is -2.54. The van der Waals surface area contributed by atoms with Crippen molar-refractivity contribution < 1.29 is 19.2 Å². The molecule has 0 aromatic heterocycles. The average molecular weight is 383 g/mol. The zero-order valence-electron chi connectivity index (χ0n) is 16.4. The normalized spacial score (nSPS) is 28.9. The highest BCUT2D eigenvalue weighted by Gasteiger charge is 2.56. The second kappa shape index (κ2) is 6.15. The molecule has 7 heteroatoms. The summed E-state index contributed by atoms with van der Waals surface area (Å²) in [6.07, 6.45) is 2.22. The van der Waals surface area contributed by atoms with Gasteiger partial charge in [-0.05, 0) is 42.7 Å². The van der Waals surface area contributed by atoms with Crippen molar-refractivity contribution in [3.05, 3.63) is 35.4 Å². The molecule has 1 saturated heterocycles. The van der Waals surface area contributed by atoms with Gasteiger partial charge in [0.2, 0.25) is 0 Å². The minimum Gasteiger partial charge on any atom is -0.323 e. The number of imide groups is 2. The summed E-state index contributed by atoms with van der Waals surface area (Å²) in [7, 11) is 0. The maximum absolute atomic E-state index is 13.2. The van der Waals surface area contributed by atoms with Crippen LogP contribution in [0.25, 0.3) is 0 Å². The first kappa shape index (κ1) is 18.7. The molecule has 2 aliphatic heterocycles. The van der Waals surface area contributed by atoms with Gasteiger partial charge in [-0.25, -0.2) is 4.79 Å². The first-order chi connectivity index (χ1) is 13.1. The molecule has 1 spiro atoms. The maximum atomic E-state index is 13.2. The van der Waals surface area contributed by atoms with E-state index in [0.29, 0.717) is 29.9 Å². The van der Waals surface area contributed by atoms with Crippen molar-refractivity contribution in [2.75, 3.05) is 13.1 Å². The molecule has 7 nitrogen and oxygen atoms in total. The number of urea groups is 1. The van der Waals surface area contributed by atoms with Crippen molar-refractivity contribution in [3.63, 3.8) is 0 Å². The number of amides is 5. The zero-order valence-corrected chi connectivity index (χ0v) is 16.4. The lowest BCUT2D eigenvalue weighted by atomic mass is 9.64. The zero-order chi connectivity index (χ0) is 20.3. The summed E-state index contributed by atoms with van der Waals surface area (Å²) in [5, 5.41) is 2.92. The number of carbonyl (C=O) groups excluding carboxylic acids is 4. The van der Waals surface area contributed by atoms with Gasteiger partial charge in [-0.15, -0.1) is 0 Å². The predicted octanol–water partition coefficient (Wildman–Crippen LogP) is 2.42. The average Bonchev–Trinajstić information content (AvgIpc) is 2.96. The molecular weight excluding hydrogens is 358 g/mol. The van der Waals surface area contributed by atoms with Crippen LogP contribution >= 0.6 is 0 Å². The predicted molar refractivity (Wildman–Crippen MR) is 102 cm³/mol. The fraction of sp³-hybridized carbons (Fsp3) is 0.524. The van der Waals surface area contributed by atoms with Gasteiger partial charge in [0, 0.05) is 13.1 Å². The Labute approximate surface area is 164 Å². The van der Waals surface area contributed by atoms with Crippen molar-refractivity contribution in [2.45, 2.75) is 45.6 Å². The lowest BCUT2D eigenvalue weighted by molar-refractivity contribution is -0.134. The Hall–Kier alpha value is -2.70. The summed E-state index contributed by atoms with van der Waals surface area (Å²) in [6, 6.07) is 6.21. The highest BCUT2D eigenvalue weighted by atomic mass is 16.2. The summed E-state index contributed by atoms with van der Waals surface area (Å²) < 4.78 is 0. The molecule has 1 saturated carbocycles. The van der Waals surface area contributed by atoms with Crippen LogP contribution in [0.2, 0.25) is 0 Å². The lowest BCUT2D eigenvalue weighted by Gasteiger charge is -2.43. The molecule has 1 aromatic rings. The molecule has 0 unspecified atom stereocenters. The molecule has 0 radical (unpaired) electrons. The van der Waals surface area contributed by atoms with Gasteiger partial charge in [-0.3, -0.25) is 24.2 Å². The summed E-state index contributed by atoms with van der Waals surface area (Å²) in [5.41, 5.74) is -0.188. The SMILES string of the molecule is C[C@H]1CC(C)(C)C[C@@]2(C1)NC(=O)N(CCN1C(=O)c3ccccc3C1=O)C2=O. The van der Waals surface area contributed by atoms with E-state index in [1.807, 2.05) is 0 Å². The van der Waals surface area contributed by atoms with E-state index >= 15 is 0 Å². The van der Waals surface area contributed by atoms with Gasteiger partial charge in [0.1, 0.15) is 5.54 Å². The van der Waals surface area contributed by atoms with E-state index in [-0.39, 0.29) is 36.2 Å². The molecule has 2 heterocycles. The van der Waals surface area contributed by atoms with E-state index in [9.17, 15) is 19.2 Å². The van der Waals surface area contributed by atoms with Crippen LogP contribution in [0.3, 0.4) is 0 Å². The monoisotopic (exact) mass is 383 g/mol. The Morgan fingerprint density at radius 1 is 0.964 bits per heavy atom. The molecular formula is C21H25N3O4. The number of nitrogens with zero attached hydrogens (tertiary/aromatic N) is 2. The van der Waals surface area contributed by atoms with E-state index in [4.69, 9.17) is 0 Å². The number of fused-ring (bicyclic) bond motifs is 1. The Kier molecular flexibility index (Phi) is 4.10. The van der Waals surface area contributed by atoms with Crippen molar-refractivity contribution in [1.82, 2.24) is 15.1 Å². The van der Waals surface area contributed by atoms with Gasteiger partial charge in [-0.1, -0.05) is 32.9 Å². The quantitative estimate of drug-likeness (QED) is 0.641. The first-order valence-corrected chi connectivity index (χ1v) is 9.73. The first-order valence-electron chi connectivity index (χ1n) is 9.73. The van der Waals surface area contributed by atoms with E-state index in [1.165, 1.54) is 0 Å². The Morgan fingerprint density at radius 3 is 2.11 bits per heavy atom. The van der Waals surface area contributed by atoms with Crippen molar-refractivity contribution in [3.8, 4) is 0 Å². The second-order valence-corrected chi connectivity index (χ2v) is 9.13. The largest absolute Gasteiger partial charge is 0.325 e. The minimum atomic E-state index is -0.875. The molecule has 148 valence electrons. The molecule has 0 bridgehead atoms.